The van der Waals surface area contributed by atoms with Crippen LogP contribution in [0.5, 0.6) is 0 Å². The molecule has 0 saturated carbocycles. The number of hydrogen-bond acceptors (Lipinski definition) is 4. The van der Waals surface area contributed by atoms with E-state index in [1.807, 2.05) is 0 Å². The molecule has 1 aromatic rings. The minimum absolute atomic E-state index is 0.0846. The van der Waals surface area contributed by atoms with E-state index in [1.165, 1.54) is 25.5 Å². The normalized spacial score (nSPS) is 9.94. The molecule has 0 fully saturated rings. The Morgan fingerprint density at radius 2 is 2.25 bits per heavy atom. The maximum atomic E-state index is 11.5. The van der Waals surface area contributed by atoms with Gasteiger partial charge in [-0.25, -0.2) is 5.06 Å². The first-order chi connectivity index (χ1) is 7.54. The number of carbonyl (C=O) groups is 2. The fourth-order valence-corrected chi connectivity index (χ4v) is 2.19. The van der Waals surface area contributed by atoms with Crippen molar-refractivity contribution < 1.29 is 14.4 Å². The van der Waals surface area contributed by atoms with Gasteiger partial charge in [-0.3, -0.25) is 14.4 Å². The number of likely N-dealkylation sites (N-methyl/N-ethyl adjacent to an activating group) is 1. The van der Waals surface area contributed by atoms with Gasteiger partial charge in [0.25, 0.3) is 11.8 Å². The molecule has 1 heterocycles. The van der Waals surface area contributed by atoms with E-state index in [0.29, 0.717) is 4.88 Å². The smallest absolute Gasteiger partial charge is 0.265 e. The molecule has 16 heavy (non-hydrogen) atoms. The van der Waals surface area contributed by atoms with Crippen molar-refractivity contribution in [3.8, 4) is 0 Å². The molecule has 0 bridgehead atoms. The summed E-state index contributed by atoms with van der Waals surface area (Å²) in [6, 6.07) is 3.47. The fourth-order valence-electron chi connectivity index (χ4n) is 0.892. The number of rotatable bonds is 4. The van der Waals surface area contributed by atoms with Gasteiger partial charge in [-0.05, 0) is 28.1 Å². The van der Waals surface area contributed by atoms with Gasteiger partial charge in [0.2, 0.25) is 0 Å². The van der Waals surface area contributed by atoms with E-state index in [4.69, 9.17) is 0 Å². The number of nitrogens with zero attached hydrogens (tertiary/aromatic N) is 1. The highest BCUT2D eigenvalue weighted by molar-refractivity contribution is 9.11. The third-order valence-electron chi connectivity index (χ3n) is 1.82. The number of halogens is 1. The largest absolute Gasteiger partial charge is 0.342 e. The molecule has 1 rings (SSSR count). The highest BCUT2D eigenvalue weighted by Gasteiger charge is 2.12. The minimum atomic E-state index is -0.313. The summed E-state index contributed by atoms with van der Waals surface area (Å²) in [7, 11) is 2.87. The van der Waals surface area contributed by atoms with Crippen LogP contribution < -0.4 is 5.32 Å². The van der Waals surface area contributed by atoms with Crippen molar-refractivity contribution >= 4 is 39.1 Å². The molecule has 1 N–H and O–H groups in total. The zero-order valence-electron chi connectivity index (χ0n) is 8.82. The molecular weight excluding hydrogens is 296 g/mol. The Hall–Kier alpha value is -0.920. The summed E-state index contributed by atoms with van der Waals surface area (Å²) in [5.74, 6) is -0.583. The summed E-state index contributed by atoms with van der Waals surface area (Å²) in [4.78, 5) is 28.1. The van der Waals surface area contributed by atoms with Crippen LogP contribution in [0.1, 0.15) is 9.67 Å². The van der Waals surface area contributed by atoms with Crippen molar-refractivity contribution in [1.82, 2.24) is 10.4 Å². The summed E-state index contributed by atoms with van der Waals surface area (Å²) in [5, 5.41) is 3.57. The average Bonchev–Trinajstić information content (AvgIpc) is 2.71. The quantitative estimate of drug-likeness (QED) is 0.852. The van der Waals surface area contributed by atoms with Gasteiger partial charge >= 0.3 is 0 Å². The van der Waals surface area contributed by atoms with E-state index in [2.05, 4.69) is 26.1 Å². The Kier molecular flexibility index (Phi) is 4.91. The summed E-state index contributed by atoms with van der Waals surface area (Å²) < 4.78 is 0.873. The number of hydroxylamine groups is 2. The van der Waals surface area contributed by atoms with Gasteiger partial charge in [0.1, 0.15) is 0 Å². The Labute approximate surface area is 105 Å². The van der Waals surface area contributed by atoms with Crippen LogP contribution in [-0.2, 0) is 9.63 Å². The standard InChI is InChI=1S/C9H11BrN2O3S/c1-12(15-2)8(13)5-11-9(14)6-3-4-7(10)16-6/h3-4H,5H2,1-2H3,(H,11,14). The number of amides is 2. The lowest BCUT2D eigenvalue weighted by Gasteiger charge is -2.13. The van der Waals surface area contributed by atoms with Gasteiger partial charge in [-0.15, -0.1) is 11.3 Å². The molecular formula is C9H11BrN2O3S. The molecule has 0 spiro atoms. The Balaban J connectivity index is 2.44. The van der Waals surface area contributed by atoms with Gasteiger partial charge in [0.05, 0.1) is 22.3 Å². The molecule has 0 aliphatic heterocycles. The monoisotopic (exact) mass is 306 g/mol. The second-order valence-corrected chi connectivity index (χ2v) is 5.32. The molecule has 0 saturated heterocycles. The van der Waals surface area contributed by atoms with Crippen molar-refractivity contribution in [2.45, 2.75) is 0 Å². The number of nitrogens with one attached hydrogen (secondary N) is 1. The highest BCUT2D eigenvalue weighted by atomic mass is 79.9. The first-order valence-electron chi connectivity index (χ1n) is 4.38. The second kappa shape index (κ2) is 5.97. The zero-order valence-corrected chi connectivity index (χ0v) is 11.2. The van der Waals surface area contributed by atoms with Crippen molar-refractivity contribution in [2.75, 3.05) is 20.7 Å². The van der Waals surface area contributed by atoms with Crippen LogP contribution in [0.4, 0.5) is 0 Å². The topological polar surface area (TPSA) is 58.6 Å². The number of hydrogen-bond donors (Lipinski definition) is 1. The Morgan fingerprint density at radius 1 is 1.56 bits per heavy atom. The van der Waals surface area contributed by atoms with Gasteiger partial charge in [0.15, 0.2) is 0 Å². The van der Waals surface area contributed by atoms with E-state index in [-0.39, 0.29) is 18.4 Å². The predicted octanol–water partition coefficient (Wildman–Crippen LogP) is 1.26. The van der Waals surface area contributed by atoms with E-state index in [1.54, 1.807) is 12.1 Å². The molecule has 5 nitrogen and oxygen atoms in total. The van der Waals surface area contributed by atoms with Gasteiger partial charge in [-0.1, -0.05) is 0 Å². The Morgan fingerprint density at radius 3 is 2.75 bits per heavy atom. The number of thiophene rings is 1. The molecule has 0 aliphatic carbocycles. The van der Waals surface area contributed by atoms with E-state index in [9.17, 15) is 9.59 Å². The van der Waals surface area contributed by atoms with Crippen molar-refractivity contribution in [3.05, 3.63) is 20.8 Å². The van der Waals surface area contributed by atoms with Gasteiger partial charge in [-0.2, -0.15) is 0 Å². The third-order valence-corrected chi connectivity index (χ3v) is 3.44. The molecule has 0 aromatic carbocycles. The summed E-state index contributed by atoms with van der Waals surface area (Å²) in [6.07, 6.45) is 0. The maximum Gasteiger partial charge on any atom is 0.265 e. The lowest BCUT2D eigenvalue weighted by atomic mass is 10.4. The predicted molar refractivity (Wildman–Crippen MR) is 64.1 cm³/mol. The van der Waals surface area contributed by atoms with Crippen LogP contribution in [0.2, 0.25) is 0 Å². The minimum Gasteiger partial charge on any atom is -0.342 e. The van der Waals surface area contributed by atoms with Crippen LogP contribution >= 0.6 is 27.3 Å². The molecule has 0 unspecified atom stereocenters. The molecule has 0 aliphatic rings. The Bertz CT molecular complexity index is 394. The first kappa shape index (κ1) is 13.1. The summed E-state index contributed by atoms with van der Waals surface area (Å²) in [5.41, 5.74) is 0. The van der Waals surface area contributed by atoms with Crippen LogP contribution in [0.3, 0.4) is 0 Å². The SMILES string of the molecule is CON(C)C(=O)CNC(=O)c1ccc(Br)s1. The van der Waals surface area contributed by atoms with Crippen molar-refractivity contribution in [1.29, 1.82) is 0 Å². The van der Waals surface area contributed by atoms with E-state index in [0.717, 1.165) is 8.85 Å². The van der Waals surface area contributed by atoms with Crippen LogP contribution in [0.15, 0.2) is 15.9 Å². The van der Waals surface area contributed by atoms with Crippen LogP contribution in [0.25, 0.3) is 0 Å². The first-order valence-corrected chi connectivity index (χ1v) is 5.99. The van der Waals surface area contributed by atoms with E-state index >= 15 is 0 Å². The highest BCUT2D eigenvalue weighted by Crippen LogP contribution is 2.21. The van der Waals surface area contributed by atoms with E-state index < -0.39 is 0 Å². The van der Waals surface area contributed by atoms with Gasteiger partial charge < -0.3 is 5.32 Å². The second-order valence-electron chi connectivity index (χ2n) is 2.86. The molecule has 88 valence electrons. The summed E-state index contributed by atoms with van der Waals surface area (Å²) in [6.45, 7) is -0.0846. The van der Waals surface area contributed by atoms with Crippen molar-refractivity contribution in [2.24, 2.45) is 0 Å². The third kappa shape index (κ3) is 3.58. The van der Waals surface area contributed by atoms with Crippen LogP contribution in [0, 0.1) is 0 Å². The maximum absolute atomic E-state index is 11.5. The zero-order chi connectivity index (χ0) is 12.1. The average molecular weight is 307 g/mol. The molecule has 7 heteroatoms. The molecule has 0 radical (unpaired) electrons. The molecule has 0 atom stereocenters. The van der Waals surface area contributed by atoms with Gasteiger partial charge in [0, 0.05) is 7.05 Å². The lowest BCUT2D eigenvalue weighted by molar-refractivity contribution is -0.167. The molecule has 2 amide bonds. The summed E-state index contributed by atoms with van der Waals surface area (Å²) >= 11 is 4.57. The molecule has 1 aromatic heterocycles. The number of carbonyl (C=O) groups excluding carboxylic acids is 2. The van der Waals surface area contributed by atoms with Crippen molar-refractivity contribution in [3.63, 3.8) is 0 Å². The fraction of sp³-hybridized carbons (Fsp3) is 0.333. The van der Waals surface area contributed by atoms with Crippen LogP contribution in [-0.4, -0.2) is 37.6 Å². The lowest BCUT2D eigenvalue weighted by Crippen LogP contribution is -2.37.